The molecule has 3 atom stereocenters. The number of hydrogen-bond donors (Lipinski definition) is 2. The van der Waals surface area contributed by atoms with Gasteiger partial charge in [0.25, 0.3) is 0 Å². The summed E-state index contributed by atoms with van der Waals surface area (Å²) in [4.78, 5) is 0. The van der Waals surface area contributed by atoms with Gasteiger partial charge in [0.15, 0.2) is 0 Å². The Balaban J connectivity index is 2.48. The van der Waals surface area contributed by atoms with Crippen molar-refractivity contribution in [2.45, 2.75) is 38.7 Å². The van der Waals surface area contributed by atoms with Crippen LogP contribution in [0.5, 0.6) is 0 Å². The molecule has 0 radical (unpaired) electrons. The maximum atomic E-state index is 9.51. The number of aliphatic hydroxyl groups is 2. The highest BCUT2D eigenvalue weighted by Gasteiger charge is 2.29. The summed E-state index contributed by atoms with van der Waals surface area (Å²) < 4.78 is 0. The van der Waals surface area contributed by atoms with Gasteiger partial charge in [-0.05, 0) is 18.8 Å². The van der Waals surface area contributed by atoms with E-state index in [-0.39, 0.29) is 18.6 Å². The lowest BCUT2D eigenvalue weighted by Crippen LogP contribution is -2.34. The fourth-order valence-electron chi connectivity index (χ4n) is 2.11. The minimum atomic E-state index is -0.251. The summed E-state index contributed by atoms with van der Waals surface area (Å²) in [6, 6.07) is 0. The summed E-state index contributed by atoms with van der Waals surface area (Å²) >= 11 is 0. The minimum absolute atomic E-state index is 0.147. The molecule has 1 fully saturated rings. The van der Waals surface area contributed by atoms with Gasteiger partial charge in [-0.3, -0.25) is 0 Å². The quantitative estimate of drug-likeness (QED) is 0.633. The van der Waals surface area contributed by atoms with Crippen LogP contribution >= 0.6 is 0 Å². The van der Waals surface area contributed by atoms with Crippen molar-refractivity contribution >= 4 is 0 Å². The number of aliphatic hydroxyl groups excluding tert-OH is 2. The van der Waals surface area contributed by atoms with E-state index < -0.39 is 0 Å². The second-order valence-corrected chi connectivity index (χ2v) is 3.51. The van der Waals surface area contributed by atoms with Gasteiger partial charge in [-0.1, -0.05) is 19.8 Å². The maximum absolute atomic E-state index is 9.51. The van der Waals surface area contributed by atoms with Crippen LogP contribution in [0.3, 0.4) is 0 Å². The van der Waals surface area contributed by atoms with Crippen LogP contribution in [-0.4, -0.2) is 22.9 Å². The zero-order valence-corrected chi connectivity index (χ0v) is 7.16. The first-order valence-corrected chi connectivity index (χ1v) is 4.58. The molecule has 11 heavy (non-hydrogen) atoms. The Labute approximate surface area is 68.2 Å². The number of rotatable bonds is 2. The molecular formula is C9H18O2. The van der Waals surface area contributed by atoms with E-state index in [1.165, 1.54) is 6.42 Å². The molecule has 0 amide bonds. The molecule has 0 heterocycles. The average Bonchev–Trinajstić information content (AvgIpc) is 2.04. The molecule has 1 rings (SSSR count). The zero-order chi connectivity index (χ0) is 8.27. The van der Waals surface area contributed by atoms with E-state index in [1.54, 1.807) is 0 Å². The molecule has 2 N–H and O–H groups in total. The van der Waals surface area contributed by atoms with Crippen LogP contribution < -0.4 is 0 Å². The highest BCUT2D eigenvalue weighted by atomic mass is 16.3. The highest BCUT2D eigenvalue weighted by molar-refractivity contribution is 4.80. The lowest BCUT2D eigenvalue weighted by Gasteiger charge is -2.33. The van der Waals surface area contributed by atoms with Crippen molar-refractivity contribution in [2.75, 3.05) is 6.61 Å². The average molecular weight is 158 g/mol. The molecule has 2 heteroatoms. The Morgan fingerprint density at radius 1 is 1.36 bits per heavy atom. The molecule has 0 aromatic carbocycles. The first kappa shape index (κ1) is 9.01. The second kappa shape index (κ2) is 4.07. The van der Waals surface area contributed by atoms with Crippen molar-refractivity contribution in [3.63, 3.8) is 0 Å². The Kier molecular flexibility index (Phi) is 3.34. The maximum Gasteiger partial charge on any atom is 0.0593 e. The van der Waals surface area contributed by atoms with Gasteiger partial charge in [0.1, 0.15) is 0 Å². The minimum Gasteiger partial charge on any atom is -0.396 e. The van der Waals surface area contributed by atoms with Crippen LogP contribution in [0.25, 0.3) is 0 Å². The first-order valence-electron chi connectivity index (χ1n) is 4.58. The van der Waals surface area contributed by atoms with Crippen LogP contribution in [0.4, 0.5) is 0 Å². The van der Waals surface area contributed by atoms with Crippen LogP contribution in [0.15, 0.2) is 0 Å². The number of hydrogen-bond acceptors (Lipinski definition) is 2. The third-order valence-electron chi connectivity index (χ3n) is 2.91. The monoisotopic (exact) mass is 158 g/mol. The van der Waals surface area contributed by atoms with Crippen LogP contribution in [-0.2, 0) is 0 Å². The summed E-state index contributed by atoms with van der Waals surface area (Å²) in [6.45, 7) is 2.28. The Hall–Kier alpha value is -0.0800. The normalized spacial score (nSPS) is 39.0. The fraction of sp³-hybridized carbons (Fsp3) is 1.00. The third kappa shape index (κ3) is 1.94. The molecule has 0 bridgehead atoms. The van der Waals surface area contributed by atoms with Crippen LogP contribution in [0.2, 0.25) is 0 Å². The van der Waals surface area contributed by atoms with Crippen molar-refractivity contribution in [3.05, 3.63) is 0 Å². The van der Waals surface area contributed by atoms with Gasteiger partial charge >= 0.3 is 0 Å². The predicted octanol–water partition coefficient (Wildman–Crippen LogP) is 1.17. The van der Waals surface area contributed by atoms with E-state index in [0.717, 1.165) is 19.3 Å². The predicted molar refractivity (Wildman–Crippen MR) is 44.2 cm³/mol. The molecule has 66 valence electrons. The molecule has 0 aromatic heterocycles. The van der Waals surface area contributed by atoms with Crippen molar-refractivity contribution in [1.29, 1.82) is 0 Å². The van der Waals surface area contributed by atoms with Gasteiger partial charge < -0.3 is 10.2 Å². The van der Waals surface area contributed by atoms with Crippen molar-refractivity contribution < 1.29 is 10.2 Å². The van der Waals surface area contributed by atoms with E-state index in [1.807, 2.05) is 0 Å². The van der Waals surface area contributed by atoms with Crippen LogP contribution in [0.1, 0.15) is 32.6 Å². The van der Waals surface area contributed by atoms with Crippen molar-refractivity contribution in [3.8, 4) is 0 Å². The van der Waals surface area contributed by atoms with E-state index in [4.69, 9.17) is 5.11 Å². The summed E-state index contributed by atoms with van der Waals surface area (Å²) in [7, 11) is 0. The lowest BCUT2D eigenvalue weighted by molar-refractivity contribution is -0.000611. The topological polar surface area (TPSA) is 40.5 Å². The molecule has 0 spiro atoms. The van der Waals surface area contributed by atoms with Crippen molar-refractivity contribution in [2.24, 2.45) is 11.8 Å². The fourth-order valence-corrected chi connectivity index (χ4v) is 2.11. The molecular weight excluding hydrogens is 140 g/mol. The Morgan fingerprint density at radius 3 is 2.55 bits per heavy atom. The van der Waals surface area contributed by atoms with Gasteiger partial charge in [0, 0.05) is 12.5 Å². The van der Waals surface area contributed by atoms with Gasteiger partial charge in [0.05, 0.1) is 6.10 Å². The van der Waals surface area contributed by atoms with Gasteiger partial charge in [0.2, 0.25) is 0 Å². The molecule has 1 aliphatic rings. The zero-order valence-electron chi connectivity index (χ0n) is 7.16. The standard InChI is InChI=1S/C9H18O2/c1-2-7-4-3-5-9(11)8(7)6-10/h7-11H,2-6H2,1H3. The molecule has 1 saturated carbocycles. The molecule has 0 saturated heterocycles. The largest absolute Gasteiger partial charge is 0.396 e. The smallest absolute Gasteiger partial charge is 0.0593 e. The summed E-state index contributed by atoms with van der Waals surface area (Å²) in [5, 5.41) is 18.5. The van der Waals surface area contributed by atoms with E-state index >= 15 is 0 Å². The first-order chi connectivity index (χ1) is 5.29. The Morgan fingerprint density at radius 2 is 2.09 bits per heavy atom. The summed E-state index contributed by atoms with van der Waals surface area (Å²) in [5.41, 5.74) is 0. The molecule has 0 aliphatic heterocycles. The van der Waals surface area contributed by atoms with Crippen molar-refractivity contribution in [1.82, 2.24) is 0 Å². The molecule has 0 aromatic rings. The molecule has 3 unspecified atom stereocenters. The van der Waals surface area contributed by atoms with Gasteiger partial charge in [-0.15, -0.1) is 0 Å². The third-order valence-corrected chi connectivity index (χ3v) is 2.91. The van der Waals surface area contributed by atoms with Crippen LogP contribution in [0, 0.1) is 11.8 Å². The van der Waals surface area contributed by atoms with E-state index in [9.17, 15) is 5.11 Å². The van der Waals surface area contributed by atoms with Gasteiger partial charge in [-0.2, -0.15) is 0 Å². The highest BCUT2D eigenvalue weighted by Crippen LogP contribution is 2.31. The lowest BCUT2D eigenvalue weighted by atomic mass is 9.76. The summed E-state index contributed by atoms with van der Waals surface area (Å²) in [6.07, 6.45) is 4.01. The second-order valence-electron chi connectivity index (χ2n) is 3.51. The molecule has 1 aliphatic carbocycles. The van der Waals surface area contributed by atoms with E-state index in [2.05, 4.69) is 6.92 Å². The van der Waals surface area contributed by atoms with E-state index in [0.29, 0.717) is 5.92 Å². The Bertz CT molecular complexity index is 114. The summed E-state index contributed by atoms with van der Waals surface area (Å²) in [5.74, 6) is 0.692. The SMILES string of the molecule is CCC1CCCC(O)C1CO. The molecule has 2 nitrogen and oxygen atoms in total. The van der Waals surface area contributed by atoms with Gasteiger partial charge in [-0.25, -0.2) is 0 Å².